The van der Waals surface area contributed by atoms with Gasteiger partial charge in [0.05, 0.1) is 4.90 Å². The summed E-state index contributed by atoms with van der Waals surface area (Å²) in [5.41, 5.74) is 0.502. The van der Waals surface area contributed by atoms with Gasteiger partial charge in [0.1, 0.15) is 5.82 Å². The molecule has 0 aliphatic rings. The van der Waals surface area contributed by atoms with E-state index in [1.54, 1.807) is 13.0 Å². The first-order valence-electron chi connectivity index (χ1n) is 5.55. The second-order valence-electron chi connectivity index (χ2n) is 3.97. The fourth-order valence-corrected chi connectivity index (χ4v) is 2.00. The summed E-state index contributed by atoms with van der Waals surface area (Å²) in [4.78, 5) is 11.3. The Morgan fingerprint density at radius 1 is 1.42 bits per heavy atom. The smallest absolute Gasteiger partial charge is 0.250 e. The Morgan fingerprint density at radius 2 is 2.05 bits per heavy atom. The summed E-state index contributed by atoms with van der Waals surface area (Å²) in [6, 6.07) is 2.92. The highest BCUT2D eigenvalue weighted by Crippen LogP contribution is 2.17. The van der Waals surface area contributed by atoms with E-state index in [1.807, 2.05) is 6.92 Å². The van der Waals surface area contributed by atoms with Crippen LogP contribution in [0, 0.1) is 5.82 Å². The summed E-state index contributed by atoms with van der Waals surface area (Å²) in [7, 11) is -4.02. The second-order valence-corrected chi connectivity index (χ2v) is 5.53. The van der Waals surface area contributed by atoms with E-state index in [-0.39, 0.29) is 10.6 Å². The summed E-state index contributed by atoms with van der Waals surface area (Å²) in [5, 5.41) is 7.33. The second kappa shape index (κ2) is 5.94. The van der Waals surface area contributed by atoms with Gasteiger partial charge >= 0.3 is 0 Å². The van der Waals surface area contributed by atoms with E-state index in [9.17, 15) is 17.6 Å². The van der Waals surface area contributed by atoms with Gasteiger partial charge in [-0.3, -0.25) is 4.79 Å². The van der Waals surface area contributed by atoms with Crippen molar-refractivity contribution in [3.05, 3.63) is 35.7 Å². The molecule has 104 valence electrons. The van der Waals surface area contributed by atoms with Gasteiger partial charge in [-0.05, 0) is 31.5 Å². The molecular formula is C12H15FN2O3S. The number of rotatable bonds is 4. The molecule has 0 atom stereocenters. The van der Waals surface area contributed by atoms with Crippen LogP contribution in [0.25, 0.3) is 0 Å². The summed E-state index contributed by atoms with van der Waals surface area (Å²) >= 11 is 0. The highest BCUT2D eigenvalue weighted by atomic mass is 32.2. The quantitative estimate of drug-likeness (QED) is 0.827. The average molecular weight is 286 g/mol. The van der Waals surface area contributed by atoms with Crippen molar-refractivity contribution in [1.82, 2.24) is 0 Å². The number of hydrogen-bond acceptors (Lipinski definition) is 3. The van der Waals surface area contributed by atoms with Gasteiger partial charge in [0, 0.05) is 11.3 Å². The van der Waals surface area contributed by atoms with Crippen molar-refractivity contribution in [2.75, 3.05) is 5.32 Å². The summed E-state index contributed by atoms with van der Waals surface area (Å²) in [5.74, 6) is -1.22. The third-order valence-electron chi connectivity index (χ3n) is 2.33. The predicted molar refractivity (Wildman–Crippen MR) is 70.5 cm³/mol. The van der Waals surface area contributed by atoms with Crippen LogP contribution in [0.3, 0.4) is 0 Å². The molecule has 0 fully saturated rings. The zero-order valence-corrected chi connectivity index (χ0v) is 11.4. The molecule has 0 aliphatic heterocycles. The van der Waals surface area contributed by atoms with E-state index in [1.165, 1.54) is 0 Å². The molecule has 7 heteroatoms. The molecular weight excluding hydrogens is 271 g/mol. The standard InChI is InChI=1S/C12H15FN2O3S/c1-3-4-8(2)12(16)15-10-5-9(13)6-11(7-10)19(14,17)18/h4-7H,3H2,1-2H3,(H,15,16)(H2,14,17,18)/b8-4-. The molecule has 0 saturated heterocycles. The van der Waals surface area contributed by atoms with Crippen LogP contribution in [0.4, 0.5) is 10.1 Å². The lowest BCUT2D eigenvalue weighted by Crippen LogP contribution is -2.15. The van der Waals surface area contributed by atoms with Crippen LogP contribution in [0.5, 0.6) is 0 Å². The Hall–Kier alpha value is -1.73. The van der Waals surface area contributed by atoms with Gasteiger partial charge in [-0.1, -0.05) is 13.0 Å². The van der Waals surface area contributed by atoms with E-state index in [4.69, 9.17) is 5.14 Å². The fraction of sp³-hybridized carbons (Fsp3) is 0.250. The Bertz CT molecular complexity index is 624. The van der Waals surface area contributed by atoms with E-state index >= 15 is 0 Å². The number of nitrogens with one attached hydrogen (secondary N) is 1. The zero-order chi connectivity index (χ0) is 14.6. The number of benzene rings is 1. The molecule has 1 rings (SSSR count). The number of carbonyl (C=O) groups is 1. The molecule has 19 heavy (non-hydrogen) atoms. The third-order valence-corrected chi connectivity index (χ3v) is 3.22. The molecule has 5 nitrogen and oxygen atoms in total. The zero-order valence-electron chi connectivity index (χ0n) is 10.6. The number of primary sulfonamides is 1. The van der Waals surface area contributed by atoms with Crippen LogP contribution in [0.1, 0.15) is 20.3 Å². The van der Waals surface area contributed by atoms with Crippen LogP contribution in [0.15, 0.2) is 34.7 Å². The van der Waals surface area contributed by atoms with Gasteiger partial charge in [-0.25, -0.2) is 17.9 Å². The fourth-order valence-electron chi connectivity index (χ4n) is 1.43. The monoisotopic (exact) mass is 286 g/mol. The predicted octanol–water partition coefficient (Wildman–Crippen LogP) is 1.77. The minimum Gasteiger partial charge on any atom is -0.322 e. The molecule has 1 aromatic carbocycles. The summed E-state index contributed by atoms with van der Waals surface area (Å²) < 4.78 is 35.6. The first kappa shape index (κ1) is 15.3. The number of anilines is 1. The first-order chi connectivity index (χ1) is 8.74. The van der Waals surface area contributed by atoms with Gasteiger partial charge in [0.15, 0.2) is 0 Å². The highest BCUT2D eigenvalue weighted by molar-refractivity contribution is 7.89. The van der Waals surface area contributed by atoms with Crippen molar-refractivity contribution >= 4 is 21.6 Å². The van der Waals surface area contributed by atoms with E-state index in [0.717, 1.165) is 18.2 Å². The maximum absolute atomic E-state index is 13.3. The Morgan fingerprint density at radius 3 is 2.58 bits per heavy atom. The van der Waals surface area contributed by atoms with Crippen LogP contribution in [-0.4, -0.2) is 14.3 Å². The van der Waals surface area contributed by atoms with Gasteiger partial charge in [0.2, 0.25) is 10.0 Å². The minimum absolute atomic E-state index is 0.0397. The minimum atomic E-state index is -4.02. The topological polar surface area (TPSA) is 89.3 Å². The average Bonchev–Trinajstić information content (AvgIpc) is 2.27. The molecule has 0 spiro atoms. The number of carbonyl (C=O) groups excluding carboxylic acids is 1. The Labute approximate surface area is 111 Å². The number of halogens is 1. The number of hydrogen-bond donors (Lipinski definition) is 2. The van der Waals surface area contributed by atoms with Gasteiger partial charge in [-0.2, -0.15) is 0 Å². The van der Waals surface area contributed by atoms with E-state index in [2.05, 4.69) is 5.32 Å². The lowest BCUT2D eigenvalue weighted by molar-refractivity contribution is -0.112. The Balaban J connectivity index is 3.07. The van der Waals surface area contributed by atoms with E-state index < -0.39 is 21.7 Å². The first-order valence-corrected chi connectivity index (χ1v) is 7.10. The molecule has 0 saturated carbocycles. The largest absolute Gasteiger partial charge is 0.322 e. The molecule has 0 aliphatic carbocycles. The molecule has 1 aromatic rings. The molecule has 0 heterocycles. The molecule has 0 aromatic heterocycles. The van der Waals surface area contributed by atoms with Crippen LogP contribution >= 0.6 is 0 Å². The van der Waals surface area contributed by atoms with Gasteiger partial charge in [0.25, 0.3) is 5.91 Å². The van der Waals surface area contributed by atoms with E-state index in [0.29, 0.717) is 12.0 Å². The van der Waals surface area contributed by atoms with Crippen molar-refractivity contribution in [2.45, 2.75) is 25.2 Å². The highest BCUT2D eigenvalue weighted by Gasteiger charge is 2.12. The maximum Gasteiger partial charge on any atom is 0.250 e. The van der Waals surface area contributed by atoms with Crippen LogP contribution in [-0.2, 0) is 14.8 Å². The van der Waals surface area contributed by atoms with Crippen LogP contribution in [0.2, 0.25) is 0 Å². The molecule has 0 radical (unpaired) electrons. The normalized spacial score (nSPS) is 12.3. The Kier molecular flexibility index (Phi) is 4.79. The number of allylic oxidation sites excluding steroid dienone is 1. The molecule has 3 N–H and O–H groups in total. The third kappa shape index (κ3) is 4.46. The lowest BCUT2D eigenvalue weighted by atomic mass is 10.2. The van der Waals surface area contributed by atoms with Crippen molar-refractivity contribution in [3.63, 3.8) is 0 Å². The number of sulfonamides is 1. The maximum atomic E-state index is 13.3. The van der Waals surface area contributed by atoms with Crippen molar-refractivity contribution < 1.29 is 17.6 Å². The van der Waals surface area contributed by atoms with Gasteiger partial charge < -0.3 is 5.32 Å². The van der Waals surface area contributed by atoms with Crippen molar-refractivity contribution in [3.8, 4) is 0 Å². The lowest BCUT2D eigenvalue weighted by Gasteiger charge is -2.07. The van der Waals surface area contributed by atoms with Crippen molar-refractivity contribution in [1.29, 1.82) is 0 Å². The summed E-state index contributed by atoms with van der Waals surface area (Å²) in [6.45, 7) is 3.48. The van der Waals surface area contributed by atoms with Crippen LogP contribution < -0.4 is 10.5 Å². The van der Waals surface area contributed by atoms with Gasteiger partial charge in [-0.15, -0.1) is 0 Å². The SMILES string of the molecule is CC/C=C(/C)C(=O)Nc1cc(F)cc(S(N)(=O)=O)c1. The number of nitrogens with two attached hydrogens (primary N) is 1. The molecule has 1 amide bonds. The van der Waals surface area contributed by atoms with Crippen molar-refractivity contribution in [2.24, 2.45) is 5.14 Å². The summed E-state index contributed by atoms with van der Waals surface area (Å²) in [6.07, 6.45) is 2.39. The molecule has 0 bridgehead atoms. The molecule has 0 unspecified atom stereocenters. The number of amides is 1.